The number of para-hydroxylation sites is 1. The Bertz CT molecular complexity index is 755. The first-order valence-corrected chi connectivity index (χ1v) is 9.67. The van der Waals surface area contributed by atoms with E-state index in [0.29, 0.717) is 24.0 Å². The number of hydrogen-bond donors (Lipinski definition) is 2. The third-order valence-electron chi connectivity index (χ3n) is 3.86. The van der Waals surface area contributed by atoms with E-state index in [0.717, 1.165) is 29.9 Å². The second kappa shape index (κ2) is 10.7. The maximum absolute atomic E-state index is 13.7. The molecule has 0 radical (unpaired) electrons. The van der Waals surface area contributed by atoms with E-state index in [1.165, 1.54) is 6.07 Å². The zero-order valence-corrected chi connectivity index (χ0v) is 16.9. The van der Waals surface area contributed by atoms with Gasteiger partial charge in [0.2, 0.25) is 0 Å². The Kier molecular flexibility index (Phi) is 8.33. The largest absolute Gasteiger partial charge is 0.490 e. The molecule has 0 saturated heterocycles. The highest BCUT2D eigenvalue weighted by Crippen LogP contribution is 2.31. The van der Waals surface area contributed by atoms with Crippen LogP contribution in [0.25, 0.3) is 0 Å². The van der Waals surface area contributed by atoms with E-state index in [-0.39, 0.29) is 11.9 Å². The number of anilines is 1. The molecule has 0 aliphatic rings. The molecule has 0 bridgehead atoms. The molecule has 27 heavy (non-hydrogen) atoms. The summed E-state index contributed by atoms with van der Waals surface area (Å²) in [4.78, 5) is 0. The molecule has 2 aromatic rings. The van der Waals surface area contributed by atoms with Gasteiger partial charge in [0.15, 0.2) is 16.6 Å². The summed E-state index contributed by atoms with van der Waals surface area (Å²) in [6.45, 7) is 7.39. The lowest BCUT2D eigenvalue weighted by atomic mass is 10.1. The molecule has 0 amide bonds. The van der Waals surface area contributed by atoms with E-state index in [2.05, 4.69) is 24.5 Å². The van der Waals surface area contributed by atoms with Crippen LogP contribution in [0.5, 0.6) is 11.5 Å². The smallest absolute Gasteiger partial charge is 0.171 e. The van der Waals surface area contributed by atoms with Gasteiger partial charge in [-0.15, -0.1) is 0 Å². The second-order valence-corrected chi connectivity index (χ2v) is 6.61. The molecule has 0 spiro atoms. The van der Waals surface area contributed by atoms with Crippen LogP contribution in [0.15, 0.2) is 42.5 Å². The van der Waals surface area contributed by atoms with Crippen molar-refractivity contribution < 1.29 is 13.9 Å². The van der Waals surface area contributed by atoms with Crippen molar-refractivity contribution in [2.24, 2.45) is 0 Å². The van der Waals surface area contributed by atoms with Gasteiger partial charge in [-0.1, -0.05) is 32.0 Å². The molecule has 2 rings (SSSR count). The minimum atomic E-state index is -0.345. The monoisotopic (exact) mass is 390 g/mol. The van der Waals surface area contributed by atoms with Gasteiger partial charge < -0.3 is 20.1 Å². The molecular formula is C21H27FN2O2S. The van der Waals surface area contributed by atoms with Gasteiger partial charge in [-0.05, 0) is 61.8 Å². The Morgan fingerprint density at radius 2 is 1.70 bits per heavy atom. The Hall–Kier alpha value is -2.34. The lowest BCUT2D eigenvalue weighted by Crippen LogP contribution is -2.31. The van der Waals surface area contributed by atoms with E-state index in [4.69, 9.17) is 21.7 Å². The van der Waals surface area contributed by atoms with E-state index in [9.17, 15) is 4.39 Å². The summed E-state index contributed by atoms with van der Waals surface area (Å²) >= 11 is 5.31. The number of benzene rings is 2. The van der Waals surface area contributed by atoms with Gasteiger partial charge in [-0.2, -0.15) is 0 Å². The van der Waals surface area contributed by atoms with Gasteiger partial charge >= 0.3 is 0 Å². The Morgan fingerprint density at radius 1 is 1.04 bits per heavy atom. The fourth-order valence-electron chi connectivity index (χ4n) is 2.45. The summed E-state index contributed by atoms with van der Waals surface area (Å²) in [5, 5.41) is 6.42. The topological polar surface area (TPSA) is 42.5 Å². The standard InChI is InChI=1S/C21H27FN2O2S/c1-4-12-25-19-11-10-16(14-20(19)26-13-5-2)15(3)23-21(27)24-18-9-7-6-8-17(18)22/h6-11,14-15H,4-5,12-13H2,1-3H3,(H2,23,24,27)/t15-/m1/s1. The molecule has 0 unspecified atom stereocenters. The quantitative estimate of drug-likeness (QED) is 0.557. The van der Waals surface area contributed by atoms with E-state index in [1.54, 1.807) is 18.2 Å². The summed E-state index contributed by atoms with van der Waals surface area (Å²) in [6.07, 6.45) is 1.85. The van der Waals surface area contributed by atoms with Crippen LogP contribution in [-0.2, 0) is 0 Å². The summed E-state index contributed by atoms with van der Waals surface area (Å²) < 4.78 is 25.4. The summed E-state index contributed by atoms with van der Waals surface area (Å²) in [5.74, 6) is 1.12. The maximum atomic E-state index is 13.7. The minimum Gasteiger partial charge on any atom is -0.490 e. The van der Waals surface area contributed by atoms with E-state index >= 15 is 0 Å². The van der Waals surface area contributed by atoms with Gasteiger partial charge in [-0.25, -0.2) is 4.39 Å². The lowest BCUT2D eigenvalue weighted by molar-refractivity contribution is 0.268. The van der Waals surface area contributed by atoms with Crippen molar-refractivity contribution in [3.63, 3.8) is 0 Å². The molecular weight excluding hydrogens is 363 g/mol. The van der Waals surface area contributed by atoms with Crippen molar-refractivity contribution in [3.05, 3.63) is 53.8 Å². The number of thiocarbonyl (C=S) groups is 1. The Morgan fingerprint density at radius 3 is 2.37 bits per heavy atom. The van der Waals surface area contributed by atoms with Gasteiger partial charge in [0.1, 0.15) is 5.82 Å². The molecule has 2 aromatic carbocycles. The van der Waals surface area contributed by atoms with Crippen molar-refractivity contribution in [2.45, 2.75) is 39.7 Å². The van der Waals surface area contributed by atoms with E-state index < -0.39 is 0 Å². The Balaban J connectivity index is 2.06. The van der Waals surface area contributed by atoms with Crippen molar-refractivity contribution in [2.75, 3.05) is 18.5 Å². The molecule has 0 saturated carbocycles. The molecule has 146 valence electrons. The summed E-state index contributed by atoms with van der Waals surface area (Å²) in [6, 6.07) is 12.2. The fourth-order valence-corrected chi connectivity index (χ4v) is 2.74. The SMILES string of the molecule is CCCOc1ccc([C@@H](C)NC(=S)Nc2ccccc2F)cc1OCCC. The molecule has 0 aliphatic heterocycles. The van der Waals surface area contributed by atoms with Crippen molar-refractivity contribution in [1.82, 2.24) is 5.32 Å². The van der Waals surface area contributed by atoms with E-state index in [1.807, 2.05) is 25.1 Å². The van der Waals surface area contributed by atoms with Crippen LogP contribution in [0.2, 0.25) is 0 Å². The van der Waals surface area contributed by atoms with Crippen LogP contribution < -0.4 is 20.1 Å². The van der Waals surface area contributed by atoms with Crippen molar-refractivity contribution >= 4 is 23.0 Å². The first-order chi connectivity index (χ1) is 13.0. The van der Waals surface area contributed by atoms with Gasteiger partial charge in [0.05, 0.1) is 24.9 Å². The number of halogens is 1. The second-order valence-electron chi connectivity index (χ2n) is 6.20. The molecule has 0 fully saturated rings. The molecule has 0 aromatic heterocycles. The molecule has 4 nitrogen and oxygen atoms in total. The first kappa shape index (κ1) is 21.0. The zero-order chi connectivity index (χ0) is 19.6. The molecule has 2 N–H and O–H groups in total. The minimum absolute atomic E-state index is 0.0824. The van der Waals surface area contributed by atoms with Gasteiger partial charge in [0.25, 0.3) is 0 Å². The highest BCUT2D eigenvalue weighted by atomic mass is 32.1. The summed E-state index contributed by atoms with van der Waals surface area (Å²) in [7, 11) is 0. The van der Waals surface area contributed by atoms with Crippen LogP contribution in [0, 0.1) is 5.82 Å². The lowest BCUT2D eigenvalue weighted by Gasteiger charge is -2.20. The van der Waals surface area contributed by atoms with Gasteiger partial charge in [0, 0.05) is 0 Å². The van der Waals surface area contributed by atoms with Crippen LogP contribution in [-0.4, -0.2) is 18.3 Å². The predicted octanol–water partition coefficient (Wildman–Crippen LogP) is 5.45. The third kappa shape index (κ3) is 6.40. The number of nitrogens with one attached hydrogen (secondary N) is 2. The van der Waals surface area contributed by atoms with Crippen LogP contribution in [0.3, 0.4) is 0 Å². The average Bonchev–Trinajstić information content (AvgIpc) is 2.66. The molecule has 6 heteroatoms. The van der Waals surface area contributed by atoms with Gasteiger partial charge in [-0.3, -0.25) is 0 Å². The Labute approximate surface area is 166 Å². The van der Waals surface area contributed by atoms with Crippen LogP contribution >= 0.6 is 12.2 Å². The molecule has 0 heterocycles. The van der Waals surface area contributed by atoms with Crippen molar-refractivity contribution in [1.29, 1.82) is 0 Å². The number of hydrogen-bond acceptors (Lipinski definition) is 3. The van der Waals surface area contributed by atoms with Crippen molar-refractivity contribution in [3.8, 4) is 11.5 Å². The summed E-state index contributed by atoms with van der Waals surface area (Å²) in [5.41, 5.74) is 1.35. The zero-order valence-electron chi connectivity index (χ0n) is 16.0. The van der Waals surface area contributed by atoms with Crippen LogP contribution in [0.4, 0.5) is 10.1 Å². The number of ether oxygens (including phenoxy) is 2. The normalized spacial score (nSPS) is 11.6. The average molecular weight is 391 g/mol. The highest BCUT2D eigenvalue weighted by Gasteiger charge is 2.13. The molecule has 0 aliphatic carbocycles. The number of rotatable bonds is 9. The highest BCUT2D eigenvalue weighted by molar-refractivity contribution is 7.80. The maximum Gasteiger partial charge on any atom is 0.171 e. The fraction of sp³-hybridized carbons (Fsp3) is 0.381. The first-order valence-electron chi connectivity index (χ1n) is 9.26. The third-order valence-corrected chi connectivity index (χ3v) is 4.08. The predicted molar refractivity (Wildman–Crippen MR) is 112 cm³/mol. The van der Waals surface area contributed by atoms with Crippen LogP contribution in [0.1, 0.15) is 45.2 Å². The molecule has 1 atom stereocenters.